The van der Waals surface area contributed by atoms with E-state index < -0.39 is 0 Å². The van der Waals surface area contributed by atoms with Crippen LogP contribution in [-0.4, -0.2) is 50.7 Å². The maximum Gasteiger partial charge on any atom is 0.261 e. The highest BCUT2D eigenvalue weighted by molar-refractivity contribution is 5.78. The number of benzene rings is 1. The van der Waals surface area contributed by atoms with Gasteiger partial charge in [-0.15, -0.1) is 0 Å². The summed E-state index contributed by atoms with van der Waals surface area (Å²) in [5.41, 5.74) is 0.919. The Morgan fingerprint density at radius 1 is 1.19 bits per heavy atom. The van der Waals surface area contributed by atoms with Crippen molar-refractivity contribution in [1.82, 2.24) is 24.5 Å². The molecule has 0 spiro atoms. The zero-order chi connectivity index (χ0) is 18.6. The van der Waals surface area contributed by atoms with Gasteiger partial charge in [0.2, 0.25) is 0 Å². The first-order valence-corrected chi connectivity index (χ1v) is 8.98. The quantitative estimate of drug-likeness (QED) is 0.688. The number of piperidine rings is 1. The number of likely N-dealkylation sites (tertiary alicyclic amines) is 1. The van der Waals surface area contributed by atoms with Gasteiger partial charge in [0, 0.05) is 12.7 Å². The van der Waals surface area contributed by atoms with E-state index in [1.807, 2.05) is 29.2 Å². The van der Waals surface area contributed by atoms with Crippen LogP contribution in [0.5, 0.6) is 11.5 Å². The Labute approximate surface area is 156 Å². The van der Waals surface area contributed by atoms with Crippen LogP contribution in [0, 0.1) is 0 Å². The van der Waals surface area contributed by atoms with Crippen molar-refractivity contribution >= 4 is 11.7 Å². The largest absolute Gasteiger partial charge is 0.493 e. The first-order chi connectivity index (χ1) is 13.3. The minimum absolute atomic E-state index is 0.0392. The fourth-order valence-electron chi connectivity index (χ4n) is 3.51. The van der Waals surface area contributed by atoms with Crippen molar-refractivity contribution in [1.29, 1.82) is 0 Å². The molecular weight excluding hydrogens is 346 g/mol. The number of carbonyl (C=O) groups is 1. The van der Waals surface area contributed by atoms with E-state index in [0.717, 1.165) is 25.0 Å². The Morgan fingerprint density at radius 2 is 2.04 bits per heavy atom. The van der Waals surface area contributed by atoms with Crippen LogP contribution in [0.1, 0.15) is 31.0 Å². The number of nitrogens with zero attached hydrogens (tertiary/aromatic N) is 5. The van der Waals surface area contributed by atoms with Gasteiger partial charge in [-0.25, -0.2) is 4.98 Å². The van der Waals surface area contributed by atoms with Gasteiger partial charge in [-0.2, -0.15) is 14.6 Å². The summed E-state index contributed by atoms with van der Waals surface area (Å²) in [6.07, 6.45) is 6.09. The van der Waals surface area contributed by atoms with E-state index in [9.17, 15) is 4.79 Å². The maximum atomic E-state index is 12.9. The minimum atomic E-state index is -0.0697. The van der Waals surface area contributed by atoms with E-state index in [1.54, 1.807) is 23.9 Å². The Hall–Kier alpha value is -3.16. The third-order valence-electron chi connectivity index (χ3n) is 4.79. The van der Waals surface area contributed by atoms with Gasteiger partial charge < -0.3 is 14.4 Å². The summed E-state index contributed by atoms with van der Waals surface area (Å²) in [7, 11) is 1.58. The lowest BCUT2D eigenvalue weighted by Crippen LogP contribution is -2.41. The van der Waals surface area contributed by atoms with Crippen molar-refractivity contribution < 1.29 is 14.3 Å². The first-order valence-electron chi connectivity index (χ1n) is 8.98. The molecule has 1 atom stereocenters. The summed E-state index contributed by atoms with van der Waals surface area (Å²) in [6.45, 7) is 0.653. The molecule has 8 heteroatoms. The summed E-state index contributed by atoms with van der Waals surface area (Å²) < 4.78 is 12.7. The number of carbonyl (C=O) groups excluding carboxylic acids is 1. The normalized spacial score (nSPS) is 17.1. The van der Waals surface area contributed by atoms with Crippen molar-refractivity contribution in [3.8, 4) is 11.5 Å². The number of ether oxygens (including phenoxy) is 2. The van der Waals surface area contributed by atoms with E-state index in [1.165, 1.54) is 6.33 Å². The van der Waals surface area contributed by atoms with Gasteiger partial charge in [0.25, 0.3) is 11.7 Å². The highest BCUT2D eigenvalue weighted by Crippen LogP contribution is 2.31. The van der Waals surface area contributed by atoms with Crippen molar-refractivity contribution in [2.75, 3.05) is 20.3 Å². The number of amides is 1. The molecule has 1 saturated heterocycles. The molecular formula is C19H21N5O3. The topological polar surface area (TPSA) is 81.9 Å². The number of para-hydroxylation sites is 2. The summed E-state index contributed by atoms with van der Waals surface area (Å²) in [5, 5.41) is 4.26. The van der Waals surface area contributed by atoms with E-state index in [0.29, 0.717) is 23.8 Å². The predicted octanol–water partition coefficient (Wildman–Crippen LogP) is 2.27. The van der Waals surface area contributed by atoms with Crippen LogP contribution >= 0.6 is 0 Å². The average molecular weight is 367 g/mol. The Bertz CT molecular complexity index is 942. The first kappa shape index (κ1) is 17.3. The second-order valence-electron chi connectivity index (χ2n) is 6.38. The van der Waals surface area contributed by atoms with Crippen LogP contribution in [0.2, 0.25) is 0 Å². The lowest BCUT2D eigenvalue weighted by atomic mass is 9.99. The van der Waals surface area contributed by atoms with Gasteiger partial charge in [-0.05, 0) is 37.5 Å². The second kappa shape index (κ2) is 7.61. The maximum absolute atomic E-state index is 12.9. The van der Waals surface area contributed by atoms with Gasteiger partial charge in [0.05, 0.1) is 18.8 Å². The minimum Gasteiger partial charge on any atom is -0.493 e. The summed E-state index contributed by atoms with van der Waals surface area (Å²) >= 11 is 0. The van der Waals surface area contributed by atoms with Crippen LogP contribution in [0.25, 0.3) is 5.78 Å². The van der Waals surface area contributed by atoms with E-state index in [-0.39, 0.29) is 18.6 Å². The molecule has 1 unspecified atom stereocenters. The number of fused-ring (bicyclic) bond motifs is 1. The molecule has 1 fully saturated rings. The van der Waals surface area contributed by atoms with E-state index >= 15 is 0 Å². The fraction of sp³-hybridized carbons (Fsp3) is 0.368. The number of rotatable bonds is 5. The van der Waals surface area contributed by atoms with Crippen LogP contribution in [0.3, 0.4) is 0 Å². The molecule has 1 amide bonds. The highest BCUT2D eigenvalue weighted by atomic mass is 16.5. The molecule has 1 aliphatic heterocycles. The Morgan fingerprint density at radius 3 is 2.89 bits per heavy atom. The number of hydrogen-bond donors (Lipinski definition) is 0. The van der Waals surface area contributed by atoms with Gasteiger partial charge in [-0.3, -0.25) is 4.79 Å². The lowest BCUT2D eigenvalue weighted by molar-refractivity contribution is -0.137. The molecule has 0 aliphatic carbocycles. The highest BCUT2D eigenvalue weighted by Gasteiger charge is 2.30. The van der Waals surface area contributed by atoms with Crippen LogP contribution < -0.4 is 9.47 Å². The van der Waals surface area contributed by atoms with Crippen molar-refractivity contribution in [2.45, 2.75) is 25.3 Å². The summed E-state index contributed by atoms with van der Waals surface area (Å²) in [5.74, 6) is 1.65. The van der Waals surface area contributed by atoms with Crippen molar-refractivity contribution in [2.24, 2.45) is 0 Å². The standard InChI is InChI=1S/C19H21N5O3/c1-26-16-7-2-3-8-17(16)27-12-18(25)23-11-5-4-6-14(23)15-9-10-20-19-21-13-22-24(15)19/h2-3,7-10,13-14H,4-6,11-12H2,1H3. The number of hydrogen-bond acceptors (Lipinski definition) is 6. The van der Waals surface area contributed by atoms with Crippen LogP contribution in [0.15, 0.2) is 42.9 Å². The van der Waals surface area contributed by atoms with Gasteiger partial charge in [-0.1, -0.05) is 12.1 Å². The smallest absolute Gasteiger partial charge is 0.261 e. The summed E-state index contributed by atoms with van der Waals surface area (Å²) in [4.78, 5) is 23.1. The monoisotopic (exact) mass is 367 g/mol. The number of aromatic nitrogens is 4. The molecule has 0 saturated carbocycles. The van der Waals surface area contributed by atoms with E-state index in [2.05, 4.69) is 15.1 Å². The van der Waals surface area contributed by atoms with Crippen LogP contribution in [0.4, 0.5) is 0 Å². The molecule has 2 aromatic heterocycles. The Kier molecular flexibility index (Phi) is 4.86. The fourth-order valence-corrected chi connectivity index (χ4v) is 3.51. The second-order valence-corrected chi connectivity index (χ2v) is 6.38. The molecule has 3 aromatic rings. The number of methoxy groups -OCH3 is 1. The average Bonchev–Trinajstić information content (AvgIpc) is 3.21. The molecule has 3 heterocycles. The zero-order valence-electron chi connectivity index (χ0n) is 15.1. The van der Waals surface area contributed by atoms with Gasteiger partial charge in [0.15, 0.2) is 18.1 Å². The molecule has 1 aromatic carbocycles. The molecule has 8 nitrogen and oxygen atoms in total. The van der Waals surface area contributed by atoms with Crippen molar-refractivity contribution in [3.63, 3.8) is 0 Å². The van der Waals surface area contributed by atoms with Crippen molar-refractivity contribution in [3.05, 3.63) is 48.5 Å². The predicted molar refractivity (Wildman–Crippen MR) is 97.6 cm³/mol. The summed E-state index contributed by atoms with van der Waals surface area (Å²) in [6, 6.07) is 9.15. The SMILES string of the molecule is COc1ccccc1OCC(=O)N1CCCCC1c1ccnc2ncnn12. The molecule has 1 aliphatic rings. The van der Waals surface area contributed by atoms with Gasteiger partial charge >= 0.3 is 0 Å². The van der Waals surface area contributed by atoms with Gasteiger partial charge in [0.1, 0.15) is 6.33 Å². The zero-order valence-corrected chi connectivity index (χ0v) is 15.1. The molecule has 0 radical (unpaired) electrons. The third kappa shape index (κ3) is 3.42. The van der Waals surface area contributed by atoms with Crippen LogP contribution in [-0.2, 0) is 4.79 Å². The molecule has 0 N–H and O–H groups in total. The Balaban J connectivity index is 1.54. The molecule has 0 bridgehead atoms. The molecule has 140 valence electrons. The van der Waals surface area contributed by atoms with E-state index in [4.69, 9.17) is 9.47 Å². The third-order valence-corrected chi connectivity index (χ3v) is 4.79. The molecule has 4 rings (SSSR count). The molecule has 27 heavy (non-hydrogen) atoms. The lowest BCUT2D eigenvalue weighted by Gasteiger charge is -2.35.